The zero-order chi connectivity index (χ0) is 19.1. The van der Waals surface area contributed by atoms with Gasteiger partial charge in [0, 0.05) is 13.6 Å². The Kier molecular flexibility index (Phi) is 6.78. The molecule has 2 rings (SSSR count). The van der Waals surface area contributed by atoms with Crippen LogP contribution >= 0.6 is 0 Å². The zero-order valence-electron chi connectivity index (χ0n) is 15.8. The van der Waals surface area contributed by atoms with Crippen LogP contribution in [0.5, 0.6) is 5.75 Å². The Bertz CT molecular complexity index is 739. The first-order valence-corrected chi connectivity index (χ1v) is 8.66. The number of amides is 2. The molecule has 0 aliphatic carbocycles. The average Bonchev–Trinajstić information content (AvgIpc) is 2.65. The number of nitrogens with one attached hydrogen (secondary N) is 1. The monoisotopic (exact) mass is 354 g/mol. The van der Waals surface area contributed by atoms with Crippen molar-refractivity contribution in [2.24, 2.45) is 0 Å². The SMILES string of the molecule is CNC(=O)[C@H](C)N(Cc1ccc(C)cc1)C(=O)COc1ccc(C)cc1. The number of ether oxygens (including phenoxy) is 1. The molecule has 0 aliphatic rings. The summed E-state index contributed by atoms with van der Waals surface area (Å²) in [7, 11) is 1.57. The van der Waals surface area contributed by atoms with Gasteiger partial charge in [-0.1, -0.05) is 47.5 Å². The fourth-order valence-corrected chi connectivity index (χ4v) is 2.54. The molecule has 0 aliphatic heterocycles. The summed E-state index contributed by atoms with van der Waals surface area (Å²) in [5.74, 6) is 0.190. The molecule has 0 aromatic heterocycles. The molecule has 0 spiro atoms. The predicted octanol–water partition coefficient (Wildman–Crippen LogP) is 2.85. The summed E-state index contributed by atoms with van der Waals surface area (Å²) in [4.78, 5) is 26.3. The lowest BCUT2D eigenvalue weighted by atomic mass is 10.1. The third kappa shape index (κ3) is 5.34. The lowest BCUT2D eigenvalue weighted by Gasteiger charge is -2.28. The van der Waals surface area contributed by atoms with E-state index in [1.54, 1.807) is 14.0 Å². The van der Waals surface area contributed by atoms with Crippen molar-refractivity contribution in [2.75, 3.05) is 13.7 Å². The molecule has 2 aromatic rings. The van der Waals surface area contributed by atoms with Gasteiger partial charge in [0.25, 0.3) is 5.91 Å². The second kappa shape index (κ2) is 9.04. The summed E-state index contributed by atoms with van der Waals surface area (Å²) in [6, 6.07) is 14.8. The van der Waals surface area contributed by atoms with Crippen molar-refractivity contribution >= 4 is 11.8 Å². The number of benzene rings is 2. The van der Waals surface area contributed by atoms with E-state index in [1.807, 2.05) is 62.4 Å². The molecule has 2 aromatic carbocycles. The highest BCUT2D eigenvalue weighted by molar-refractivity contribution is 5.87. The van der Waals surface area contributed by atoms with Crippen molar-refractivity contribution in [3.8, 4) is 5.75 Å². The second-order valence-corrected chi connectivity index (χ2v) is 6.40. The Morgan fingerprint density at radius 2 is 1.54 bits per heavy atom. The van der Waals surface area contributed by atoms with Crippen LogP contribution in [0.4, 0.5) is 0 Å². The first kappa shape index (κ1) is 19.5. The molecule has 2 amide bonds. The van der Waals surface area contributed by atoms with Gasteiger partial charge < -0.3 is 15.0 Å². The van der Waals surface area contributed by atoms with E-state index in [1.165, 1.54) is 4.90 Å². The van der Waals surface area contributed by atoms with E-state index >= 15 is 0 Å². The maximum atomic E-state index is 12.7. The van der Waals surface area contributed by atoms with E-state index in [4.69, 9.17) is 4.74 Å². The minimum Gasteiger partial charge on any atom is -0.484 e. The third-order valence-electron chi connectivity index (χ3n) is 4.27. The fraction of sp³-hybridized carbons (Fsp3) is 0.333. The standard InChI is InChI=1S/C21H26N2O3/c1-15-5-9-18(10-6-15)13-23(17(3)21(25)22-4)20(24)14-26-19-11-7-16(2)8-12-19/h5-12,17H,13-14H2,1-4H3,(H,22,25)/t17-/m0/s1. The van der Waals surface area contributed by atoms with Gasteiger partial charge in [-0.15, -0.1) is 0 Å². The van der Waals surface area contributed by atoms with Crippen molar-refractivity contribution < 1.29 is 14.3 Å². The van der Waals surface area contributed by atoms with Crippen LogP contribution < -0.4 is 10.1 Å². The molecule has 26 heavy (non-hydrogen) atoms. The van der Waals surface area contributed by atoms with Crippen LogP contribution in [0.2, 0.25) is 0 Å². The van der Waals surface area contributed by atoms with Crippen molar-refractivity contribution in [1.29, 1.82) is 0 Å². The first-order chi connectivity index (χ1) is 12.4. The van der Waals surface area contributed by atoms with Crippen LogP contribution in [-0.2, 0) is 16.1 Å². The van der Waals surface area contributed by atoms with Gasteiger partial charge in [0.15, 0.2) is 6.61 Å². The van der Waals surface area contributed by atoms with Crippen LogP contribution in [-0.4, -0.2) is 36.4 Å². The minimum atomic E-state index is -0.588. The molecule has 1 atom stereocenters. The summed E-state index contributed by atoms with van der Waals surface area (Å²) < 4.78 is 5.60. The molecule has 0 saturated heterocycles. The Labute approximate surface area is 155 Å². The Morgan fingerprint density at radius 1 is 1.00 bits per heavy atom. The lowest BCUT2D eigenvalue weighted by Crippen LogP contribution is -2.48. The summed E-state index contributed by atoms with van der Waals surface area (Å²) >= 11 is 0. The van der Waals surface area contributed by atoms with Gasteiger partial charge in [0.05, 0.1) is 0 Å². The fourth-order valence-electron chi connectivity index (χ4n) is 2.54. The van der Waals surface area contributed by atoms with Crippen LogP contribution in [0.15, 0.2) is 48.5 Å². The molecule has 0 bridgehead atoms. The summed E-state index contributed by atoms with van der Waals surface area (Å²) in [5.41, 5.74) is 3.24. The Hall–Kier alpha value is -2.82. The van der Waals surface area contributed by atoms with Crippen LogP contribution in [0.1, 0.15) is 23.6 Å². The highest BCUT2D eigenvalue weighted by Crippen LogP contribution is 2.14. The van der Waals surface area contributed by atoms with Crippen LogP contribution in [0.25, 0.3) is 0 Å². The van der Waals surface area contributed by atoms with Gasteiger partial charge in [-0.2, -0.15) is 0 Å². The van der Waals surface area contributed by atoms with Gasteiger partial charge in [-0.3, -0.25) is 9.59 Å². The van der Waals surface area contributed by atoms with Crippen molar-refractivity contribution in [3.05, 3.63) is 65.2 Å². The van der Waals surface area contributed by atoms with Gasteiger partial charge in [0.1, 0.15) is 11.8 Å². The highest BCUT2D eigenvalue weighted by atomic mass is 16.5. The predicted molar refractivity (Wildman–Crippen MR) is 102 cm³/mol. The maximum Gasteiger partial charge on any atom is 0.261 e. The molecule has 1 N–H and O–H groups in total. The molecule has 0 fully saturated rings. The molecular weight excluding hydrogens is 328 g/mol. The Balaban J connectivity index is 2.10. The molecule has 5 heteroatoms. The van der Waals surface area contributed by atoms with E-state index in [0.717, 1.165) is 16.7 Å². The van der Waals surface area contributed by atoms with Gasteiger partial charge in [-0.25, -0.2) is 0 Å². The van der Waals surface area contributed by atoms with Crippen LogP contribution in [0, 0.1) is 13.8 Å². The normalized spacial score (nSPS) is 11.5. The van der Waals surface area contributed by atoms with E-state index in [-0.39, 0.29) is 18.4 Å². The van der Waals surface area contributed by atoms with Gasteiger partial charge >= 0.3 is 0 Å². The molecule has 0 unspecified atom stereocenters. The van der Waals surface area contributed by atoms with Crippen molar-refractivity contribution in [2.45, 2.75) is 33.4 Å². The molecule has 5 nitrogen and oxygen atoms in total. The number of nitrogens with zero attached hydrogens (tertiary/aromatic N) is 1. The molecule has 0 radical (unpaired) electrons. The minimum absolute atomic E-state index is 0.115. The summed E-state index contributed by atoms with van der Waals surface area (Å²) in [5, 5.41) is 2.60. The maximum absolute atomic E-state index is 12.7. The number of rotatable bonds is 7. The number of aryl methyl sites for hydroxylation is 2. The highest BCUT2D eigenvalue weighted by Gasteiger charge is 2.25. The van der Waals surface area contributed by atoms with Crippen LogP contribution in [0.3, 0.4) is 0 Å². The largest absolute Gasteiger partial charge is 0.484 e. The lowest BCUT2D eigenvalue weighted by molar-refractivity contribution is -0.142. The Morgan fingerprint density at radius 3 is 2.08 bits per heavy atom. The van der Waals surface area contributed by atoms with Crippen molar-refractivity contribution in [3.63, 3.8) is 0 Å². The number of carbonyl (C=O) groups is 2. The average molecular weight is 354 g/mol. The molecule has 0 heterocycles. The summed E-state index contributed by atoms with van der Waals surface area (Å²) in [6.07, 6.45) is 0. The number of carbonyl (C=O) groups excluding carboxylic acids is 2. The van der Waals surface area contributed by atoms with Crippen molar-refractivity contribution in [1.82, 2.24) is 10.2 Å². The van der Waals surface area contributed by atoms with E-state index < -0.39 is 6.04 Å². The number of likely N-dealkylation sites (N-methyl/N-ethyl adjacent to an activating group) is 1. The van der Waals surface area contributed by atoms with Gasteiger partial charge in [0.2, 0.25) is 5.91 Å². The van der Waals surface area contributed by atoms with E-state index in [0.29, 0.717) is 12.3 Å². The first-order valence-electron chi connectivity index (χ1n) is 8.66. The smallest absolute Gasteiger partial charge is 0.261 e. The topological polar surface area (TPSA) is 58.6 Å². The molecule has 138 valence electrons. The zero-order valence-corrected chi connectivity index (χ0v) is 15.8. The number of hydrogen-bond acceptors (Lipinski definition) is 3. The molecule has 0 saturated carbocycles. The number of hydrogen-bond donors (Lipinski definition) is 1. The summed E-state index contributed by atoms with van der Waals surface area (Å²) in [6.45, 7) is 5.95. The third-order valence-corrected chi connectivity index (χ3v) is 4.27. The van der Waals surface area contributed by atoms with Gasteiger partial charge in [-0.05, 0) is 38.5 Å². The quantitative estimate of drug-likeness (QED) is 0.832. The van der Waals surface area contributed by atoms with E-state index in [9.17, 15) is 9.59 Å². The molecular formula is C21H26N2O3. The van der Waals surface area contributed by atoms with E-state index in [2.05, 4.69) is 5.32 Å². The second-order valence-electron chi connectivity index (χ2n) is 6.40.